The van der Waals surface area contributed by atoms with Crippen molar-refractivity contribution >= 4 is 0 Å². The van der Waals surface area contributed by atoms with Gasteiger partial charge in [0.05, 0.1) is 11.4 Å². The van der Waals surface area contributed by atoms with Gasteiger partial charge in [0.1, 0.15) is 0 Å². The van der Waals surface area contributed by atoms with Crippen molar-refractivity contribution in [3.05, 3.63) is 84.9 Å². The molecule has 4 heterocycles. The number of aryl methyl sites for hydroxylation is 1. The normalized spacial score (nSPS) is 9.48. The van der Waals surface area contributed by atoms with E-state index < -0.39 is 0 Å². The molecule has 0 aliphatic carbocycles. The fourth-order valence-electron chi connectivity index (χ4n) is 2.06. The maximum atomic E-state index is 4.19. The van der Waals surface area contributed by atoms with Crippen molar-refractivity contribution in [2.75, 3.05) is 0 Å². The summed E-state index contributed by atoms with van der Waals surface area (Å²) in [6, 6.07) is 19.3. The number of aromatic nitrogens is 5. The number of hydrogen-bond donors (Lipinski definition) is 0. The number of pyridine rings is 3. The maximum Gasteiger partial charge on any atom is 1.00 e. The summed E-state index contributed by atoms with van der Waals surface area (Å²) in [7, 11) is 0. The van der Waals surface area contributed by atoms with Crippen LogP contribution in [0.15, 0.2) is 79.3 Å². The smallest absolute Gasteiger partial charge is 0.574 e. The van der Waals surface area contributed by atoms with Gasteiger partial charge in [0, 0.05) is 30.0 Å². The minimum absolute atomic E-state index is 0. The van der Waals surface area contributed by atoms with E-state index in [1.807, 2.05) is 67.6 Å². The average Bonchev–Trinajstić information content (AvgIpc) is 3.11. The number of nitrogens with zero attached hydrogens (tertiary/aromatic N) is 5. The summed E-state index contributed by atoms with van der Waals surface area (Å²) < 4.78 is 0. The van der Waals surface area contributed by atoms with E-state index in [2.05, 4.69) is 25.1 Å². The van der Waals surface area contributed by atoms with Gasteiger partial charge in [-0.2, -0.15) is 0 Å². The molecule has 0 saturated carbocycles. The standard InChI is InChI=1S/C10H8N2.C9H8N3.Ru/c1-3-7-11-9(5-1)10-6-2-4-8-12-10;1-7-6-9(12-11-7)8-4-2-3-5-10-8;/h1-8H;2-6H,1H3;/q;-1;+1. The molecule has 0 bridgehead atoms. The Morgan fingerprint density at radius 2 is 1.16 bits per heavy atom. The van der Waals surface area contributed by atoms with Gasteiger partial charge in [0.15, 0.2) is 0 Å². The first-order chi connectivity index (χ1) is 11.8. The molecule has 0 N–H and O–H groups in total. The summed E-state index contributed by atoms with van der Waals surface area (Å²) in [6.07, 6.45) is 5.29. The second-order valence-corrected chi connectivity index (χ2v) is 5.02. The van der Waals surface area contributed by atoms with E-state index in [4.69, 9.17) is 0 Å². The van der Waals surface area contributed by atoms with Gasteiger partial charge < -0.3 is 10.2 Å². The molecule has 0 aliphatic heterocycles. The Hall–Kier alpha value is -2.72. The Bertz CT molecular complexity index is 826. The third-order valence-corrected chi connectivity index (χ3v) is 3.18. The first-order valence-electron chi connectivity index (χ1n) is 7.54. The van der Waals surface area contributed by atoms with Crippen LogP contribution in [0.3, 0.4) is 0 Å². The number of rotatable bonds is 2. The van der Waals surface area contributed by atoms with Gasteiger partial charge >= 0.3 is 19.5 Å². The van der Waals surface area contributed by atoms with Gasteiger partial charge in [-0.3, -0.25) is 15.0 Å². The van der Waals surface area contributed by atoms with Crippen molar-refractivity contribution in [2.24, 2.45) is 0 Å². The largest absolute Gasteiger partial charge is 1.00 e. The van der Waals surface area contributed by atoms with Gasteiger partial charge in [-0.25, -0.2) is 0 Å². The molecule has 0 atom stereocenters. The van der Waals surface area contributed by atoms with Crippen molar-refractivity contribution in [3.63, 3.8) is 0 Å². The molecule has 0 aliphatic rings. The van der Waals surface area contributed by atoms with E-state index in [9.17, 15) is 0 Å². The summed E-state index contributed by atoms with van der Waals surface area (Å²) >= 11 is 0. The molecule has 4 aromatic rings. The molecule has 4 aromatic heterocycles. The second-order valence-electron chi connectivity index (χ2n) is 5.02. The summed E-state index contributed by atoms with van der Waals surface area (Å²) in [5, 5.41) is 7.88. The van der Waals surface area contributed by atoms with Crippen LogP contribution in [0.4, 0.5) is 0 Å². The Morgan fingerprint density at radius 3 is 1.52 bits per heavy atom. The zero-order valence-corrected chi connectivity index (χ0v) is 15.3. The summed E-state index contributed by atoms with van der Waals surface area (Å²) in [4.78, 5) is 12.5. The molecule has 4 rings (SSSR count). The molecule has 0 aromatic carbocycles. The summed E-state index contributed by atoms with van der Waals surface area (Å²) in [5.74, 6) is 0. The van der Waals surface area contributed by atoms with Crippen molar-refractivity contribution < 1.29 is 19.5 Å². The molecule has 25 heavy (non-hydrogen) atoms. The monoisotopic (exact) mass is 416 g/mol. The van der Waals surface area contributed by atoms with Crippen LogP contribution in [-0.2, 0) is 19.5 Å². The molecule has 0 spiro atoms. The van der Waals surface area contributed by atoms with Crippen LogP contribution in [0.25, 0.3) is 22.8 Å². The quantitative estimate of drug-likeness (QED) is 0.469. The van der Waals surface area contributed by atoms with Crippen LogP contribution in [0, 0.1) is 6.92 Å². The molecule has 0 fully saturated rings. The average molecular weight is 415 g/mol. The summed E-state index contributed by atoms with van der Waals surface area (Å²) in [5.41, 5.74) is 4.47. The molecule has 0 saturated heterocycles. The van der Waals surface area contributed by atoms with E-state index in [0.29, 0.717) is 0 Å². The zero-order valence-electron chi connectivity index (χ0n) is 13.6. The second kappa shape index (κ2) is 9.55. The minimum Gasteiger partial charge on any atom is -0.574 e. The maximum absolute atomic E-state index is 4.19. The van der Waals surface area contributed by atoms with E-state index in [1.165, 1.54) is 0 Å². The Kier molecular flexibility index (Phi) is 7.11. The Balaban J connectivity index is 0.000000173. The summed E-state index contributed by atoms with van der Waals surface area (Å²) in [6.45, 7) is 1.92. The van der Waals surface area contributed by atoms with E-state index >= 15 is 0 Å². The molecule has 1 radical (unpaired) electrons. The third-order valence-electron chi connectivity index (χ3n) is 3.18. The van der Waals surface area contributed by atoms with Crippen LogP contribution >= 0.6 is 0 Å². The van der Waals surface area contributed by atoms with Crippen LogP contribution in [0.2, 0.25) is 0 Å². The molecular formula is C19H16N5Ru. The van der Waals surface area contributed by atoms with Crippen molar-refractivity contribution in [1.82, 2.24) is 25.1 Å². The first kappa shape index (κ1) is 18.6. The number of hydrogen-bond acceptors (Lipinski definition) is 4. The van der Waals surface area contributed by atoms with Gasteiger partial charge in [0.25, 0.3) is 0 Å². The predicted molar refractivity (Wildman–Crippen MR) is 93.0 cm³/mol. The molecular weight excluding hydrogens is 399 g/mol. The van der Waals surface area contributed by atoms with E-state index in [1.54, 1.807) is 18.6 Å². The predicted octanol–water partition coefficient (Wildman–Crippen LogP) is 3.55. The van der Waals surface area contributed by atoms with Gasteiger partial charge in [-0.15, -0.1) is 0 Å². The van der Waals surface area contributed by atoms with Crippen LogP contribution in [-0.4, -0.2) is 20.1 Å². The van der Waals surface area contributed by atoms with Crippen molar-refractivity contribution in [3.8, 4) is 22.8 Å². The molecule has 5 nitrogen and oxygen atoms in total. The van der Waals surface area contributed by atoms with Crippen LogP contribution in [0.5, 0.6) is 0 Å². The zero-order chi connectivity index (χ0) is 16.6. The molecule has 6 heteroatoms. The fraction of sp³-hybridized carbons (Fsp3) is 0.0526. The third kappa shape index (κ3) is 5.40. The molecule has 0 amide bonds. The first-order valence-corrected chi connectivity index (χ1v) is 7.54. The molecule has 0 unspecified atom stereocenters. The van der Waals surface area contributed by atoms with Gasteiger partial charge in [-0.05, 0) is 43.3 Å². The van der Waals surface area contributed by atoms with E-state index in [0.717, 1.165) is 28.5 Å². The van der Waals surface area contributed by atoms with E-state index in [-0.39, 0.29) is 19.5 Å². The van der Waals surface area contributed by atoms with Crippen molar-refractivity contribution in [2.45, 2.75) is 6.92 Å². The van der Waals surface area contributed by atoms with Gasteiger partial charge in [-0.1, -0.05) is 30.0 Å². The van der Waals surface area contributed by atoms with Gasteiger partial charge in [0.2, 0.25) is 0 Å². The molecule has 125 valence electrons. The van der Waals surface area contributed by atoms with Crippen LogP contribution in [0.1, 0.15) is 5.69 Å². The fourth-order valence-corrected chi connectivity index (χ4v) is 2.06. The van der Waals surface area contributed by atoms with Crippen LogP contribution < -0.4 is 5.10 Å². The Morgan fingerprint density at radius 1 is 0.680 bits per heavy atom. The topological polar surface area (TPSA) is 65.7 Å². The SMILES string of the molecule is Cc1cc(-c2ccccn2)[n-]n1.[Ru+].c1ccc(-c2ccccn2)nc1. The Labute approximate surface area is 159 Å². The van der Waals surface area contributed by atoms with Crippen molar-refractivity contribution in [1.29, 1.82) is 0 Å². The minimum atomic E-state index is 0.